The molecule has 0 saturated carbocycles. The van der Waals surface area contributed by atoms with Gasteiger partial charge in [0.2, 0.25) is 11.8 Å². The van der Waals surface area contributed by atoms with Gasteiger partial charge in [0.05, 0.1) is 25.8 Å². The Kier molecular flexibility index (Phi) is 12.8. The van der Waals surface area contributed by atoms with Gasteiger partial charge < -0.3 is 38.7 Å². The molecule has 2 aromatic carbocycles. The molecule has 292 valence electrons. The Morgan fingerprint density at radius 3 is 1.64 bits per heavy atom. The second-order valence-corrected chi connectivity index (χ2v) is 12.3. The quantitative estimate of drug-likeness (QED) is 0.166. The number of rotatable bonds is 11. The number of carbonyl (C=O) groups is 1. The van der Waals surface area contributed by atoms with E-state index in [0.717, 1.165) is 11.1 Å². The minimum Gasteiger partial charge on any atom is -0.415 e. The van der Waals surface area contributed by atoms with Gasteiger partial charge in [0, 0.05) is 61.3 Å². The van der Waals surface area contributed by atoms with Gasteiger partial charge in [-0.25, -0.2) is 4.79 Å². The summed E-state index contributed by atoms with van der Waals surface area (Å²) in [7, 11) is 0. The SMILES string of the molecule is N[C@@H](Cn1ccc(-c2nnc(C(F)F)o2)cc1=O)c1ccccc1.O=C(N[C@@H](Cn1ccc(-c2nnc(C(F)F)o2)cc1=O)c1ccccc1)N1CCOCC1. The molecule has 4 aromatic heterocycles. The van der Waals surface area contributed by atoms with Gasteiger partial charge in [-0.05, 0) is 23.3 Å². The number of nitrogens with zero attached hydrogens (tertiary/aromatic N) is 7. The second-order valence-electron chi connectivity index (χ2n) is 12.3. The Morgan fingerprint density at radius 1 is 0.696 bits per heavy atom. The minimum atomic E-state index is -2.89. The van der Waals surface area contributed by atoms with Crippen molar-refractivity contribution >= 4 is 6.03 Å². The molecule has 0 aliphatic carbocycles. The Hall–Kier alpha value is -6.47. The van der Waals surface area contributed by atoms with E-state index in [-0.39, 0.29) is 53.6 Å². The van der Waals surface area contributed by atoms with Gasteiger partial charge in [0.1, 0.15) is 0 Å². The number of amides is 2. The molecule has 56 heavy (non-hydrogen) atoms. The van der Waals surface area contributed by atoms with Crippen LogP contribution in [0.15, 0.2) is 116 Å². The van der Waals surface area contributed by atoms with Crippen LogP contribution in [0, 0.1) is 0 Å². The minimum absolute atomic E-state index is 0.123. The highest BCUT2D eigenvalue weighted by molar-refractivity contribution is 5.74. The molecule has 0 unspecified atom stereocenters. The predicted octanol–water partition coefficient (Wildman–Crippen LogP) is 5.15. The number of hydrogen-bond donors (Lipinski definition) is 2. The third-order valence-corrected chi connectivity index (χ3v) is 8.54. The number of alkyl halides is 4. The Labute approximate surface area is 315 Å². The molecule has 0 spiro atoms. The van der Waals surface area contributed by atoms with Crippen LogP contribution in [-0.4, -0.2) is 66.8 Å². The first kappa shape index (κ1) is 39.2. The molecule has 19 heteroatoms. The molecule has 1 fully saturated rings. The summed E-state index contributed by atoms with van der Waals surface area (Å²) in [6, 6.07) is 23.2. The van der Waals surface area contributed by atoms with E-state index in [1.165, 1.54) is 39.7 Å². The number of benzene rings is 2. The van der Waals surface area contributed by atoms with Crippen molar-refractivity contribution in [3.8, 4) is 22.9 Å². The zero-order valence-electron chi connectivity index (χ0n) is 29.5. The smallest absolute Gasteiger partial charge is 0.318 e. The normalized spacial score (nSPS) is 13.9. The summed E-state index contributed by atoms with van der Waals surface area (Å²) in [6.45, 7) is 2.40. The van der Waals surface area contributed by atoms with Crippen molar-refractivity contribution in [2.75, 3.05) is 26.3 Å². The average Bonchev–Trinajstić information content (AvgIpc) is 3.92. The zero-order valence-corrected chi connectivity index (χ0v) is 29.5. The number of carbonyl (C=O) groups excluding carboxylic acids is 1. The molecule has 7 rings (SSSR count). The van der Waals surface area contributed by atoms with Crippen LogP contribution in [0.4, 0.5) is 22.4 Å². The molecule has 5 heterocycles. The van der Waals surface area contributed by atoms with Crippen LogP contribution >= 0.6 is 0 Å². The van der Waals surface area contributed by atoms with Gasteiger partial charge in [0.15, 0.2) is 0 Å². The zero-order chi connectivity index (χ0) is 39.6. The summed E-state index contributed by atoms with van der Waals surface area (Å²) in [5.74, 6) is -1.87. The van der Waals surface area contributed by atoms with E-state index in [4.69, 9.17) is 19.3 Å². The van der Waals surface area contributed by atoms with Crippen molar-refractivity contribution in [2.24, 2.45) is 5.73 Å². The number of hydrogen-bond acceptors (Lipinski definition) is 11. The number of ether oxygens (including phenoxy) is 1. The molecule has 2 atom stereocenters. The fourth-order valence-corrected chi connectivity index (χ4v) is 5.60. The summed E-state index contributed by atoms with van der Waals surface area (Å²) in [5.41, 5.74) is 7.62. The van der Waals surface area contributed by atoms with Gasteiger partial charge in [-0.1, -0.05) is 60.7 Å². The number of nitrogens with one attached hydrogen (secondary N) is 1. The first-order valence-electron chi connectivity index (χ1n) is 17.2. The maximum Gasteiger partial charge on any atom is 0.318 e. The lowest BCUT2D eigenvalue weighted by Crippen LogP contribution is -2.48. The number of pyridine rings is 2. The summed E-state index contributed by atoms with van der Waals surface area (Å²) in [4.78, 5) is 39.3. The van der Waals surface area contributed by atoms with Crippen LogP contribution in [0.2, 0.25) is 0 Å². The van der Waals surface area contributed by atoms with E-state index < -0.39 is 36.2 Å². The highest BCUT2D eigenvalue weighted by Gasteiger charge is 2.23. The Morgan fingerprint density at radius 2 is 1.18 bits per heavy atom. The molecule has 6 aromatic rings. The molecule has 0 radical (unpaired) electrons. The number of aromatic nitrogens is 6. The fourth-order valence-electron chi connectivity index (χ4n) is 5.60. The van der Waals surface area contributed by atoms with Crippen LogP contribution in [0.25, 0.3) is 22.9 Å². The van der Waals surface area contributed by atoms with Crippen molar-refractivity contribution in [3.63, 3.8) is 0 Å². The first-order valence-corrected chi connectivity index (χ1v) is 17.2. The van der Waals surface area contributed by atoms with E-state index in [0.29, 0.717) is 26.3 Å². The highest BCUT2D eigenvalue weighted by Crippen LogP contribution is 2.24. The summed E-state index contributed by atoms with van der Waals surface area (Å²) in [6.07, 6.45) is -2.72. The van der Waals surface area contributed by atoms with Crippen LogP contribution in [-0.2, 0) is 17.8 Å². The number of morpholine rings is 1. The monoisotopic (exact) mass is 777 g/mol. The Balaban J connectivity index is 0.000000198. The van der Waals surface area contributed by atoms with Crippen molar-refractivity contribution < 1.29 is 35.9 Å². The lowest BCUT2D eigenvalue weighted by atomic mass is 10.1. The molecule has 1 aliphatic heterocycles. The Bertz CT molecular complexity index is 2310. The fraction of sp³-hybridized carbons (Fsp3) is 0.270. The van der Waals surface area contributed by atoms with Gasteiger partial charge in [0.25, 0.3) is 22.9 Å². The van der Waals surface area contributed by atoms with Crippen molar-refractivity contribution in [2.45, 2.75) is 38.0 Å². The molecule has 0 bridgehead atoms. The van der Waals surface area contributed by atoms with E-state index in [1.807, 2.05) is 60.7 Å². The predicted molar refractivity (Wildman–Crippen MR) is 191 cm³/mol. The van der Waals surface area contributed by atoms with E-state index in [1.54, 1.807) is 11.0 Å². The standard InChI is InChI=1S/C21H21F2N5O4.C16H14F2N4O2/c22-18(23)20-26-25-19(32-20)15-6-7-28(17(29)12-15)13-16(14-4-2-1-3-5-14)24-21(30)27-8-10-31-11-9-27;17-14(18)16-21-20-15(24-16)11-6-7-22(13(23)8-11)9-12(19)10-4-2-1-3-5-10/h1-7,12,16,18H,8-11,13H2,(H,24,30);1-8,12,14H,9,19H2/t16-;12-/m00/s1. The topological polar surface area (TPSA) is 189 Å². The highest BCUT2D eigenvalue weighted by atomic mass is 19.3. The first-order chi connectivity index (χ1) is 27.0. The van der Waals surface area contributed by atoms with Gasteiger partial charge >= 0.3 is 18.9 Å². The van der Waals surface area contributed by atoms with E-state index >= 15 is 0 Å². The lowest BCUT2D eigenvalue weighted by Gasteiger charge is -2.29. The van der Waals surface area contributed by atoms with Gasteiger partial charge in [-0.3, -0.25) is 9.59 Å². The van der Waals surface area contributed by atoms with Crippen LogP contribution in [0.5, 0.6) is 0 Å². The molecule has 15 nitrogen and oxygen atoms in total. The largest absolute Gasteiger partial charge is 0.415 e. The van der Waals surface area contributed by atoms with Crippen LogP contribution in [0.3, 0.4) is 0 Å². The molecule has 2 amide bonds. The lowest BCUT2D eigenvalue weighted by molar-refractivity contribution is 0.0523. The average molecular weight is 778 g/mol. The van der Waals surface area contributed by atoms with E-state index in [2.05, 4.69) is 25.7 Å². The van der Waals surface area contributed by atoms with Crippen LogP contribution in [0.1, 0.15) is 47.8 Å². The maximum absolute atomic E-state index is 12.7. The molecular formula is C37H35F4N9O6. The van der Waals surface area contributed by atoms with Crippen molar-refractivity contribution in [3.05, 3.63) is 141 Å². The summed E-state index contributed by atoms with van der Waals surface area (Å²) in [5, 5.41) is 16.6. The van der Waals surface area contributed by atoms with Crippen molar-refractivity contribution in [1.82, 2.24) is 39.7 Å². The molecule has 3 N–H and O–H groups in total. The number of halogens is 4. The van der Waals surface area contributed by atoms with Gasteiger partial charge in [-0.2, -0.15) is 17.6 Å². The number of urea groups is 1. The molecule has 1 aliphatic rings. The van der Waals surface area contributed by atoms with Crippen LogP contribution < -0.4 is 22.2 Å². The second kappa shape index (κ2) is 18.2. The molecule has 1 saturated heterocycles. The third-order valence-electron chi connectivity index (χ3n) is 8.54. The number of nitrogens with two attached hydrogens (primary N) is 1. The molecular weight excluding hydrogens is 742 g/mol. The van der Waals surface area contributed by atoms with Crippen molar-refractivity contribution in [1.29, 1.82) is 0 Å². The van der Waals surface area contributed by atoms with E-state index in [9.17, 15) is 31.9 Å². The third kappa shape index (κ3) is 9.98. The summed E-state index contributed by atoms with van der Waals surface area (Å²) >= 11 is 0. The maximum atomic E-state index is 12.7. The van der Waals surface area contributed by atoms with Gasteiger partial charge in [-0.15, -0.1) is 20.4 Å². The summed E-state index contributed by atoms with van der Waals surface area (Å²) < 4.78 is 68.2.